The normalized spacial score (nSPS) is 18.0. The molecule has 0 radical (unpaired) electrons. The van der Waals surface area contributed by atoms with Gasteiger partial charge in [-0.15, -0.1) is 11.3 Å². The van der Waals surface area contributed by atoms with E-state index in [1.54, 1.807) is 17.0 Å². The number of aliphatic hydroxyl groups excluding tert-OH is 1. The smallest absolute Gasteiger partial charge is 0.295 e. The highest BCUT2D eigenvalue weighted by Gasteiger charge is 2.46. The number of hydrogen-bond donors (Lipinski definition) is 2. The van der Waals surface area contributed by atoms with E-state index in [1.165, 1.54) is 11.3 Å². The van der Waals surface area contributed by atoms with E-state index in [-0.39, 0.29) is 11.3 Å². The molecule has 4 aromatic rings. The zero-order valence-corrected chi connectivity index (χ0v) is 18.4. The molecule has 1 aliphatic heterocycles. The summed E-state index contributed by atoms with van der Waals surface area (Å²) in [5, 5.41) is 14.1. The zero-order chi connectivity index (χ0) is 22.2. The van der Waals surface area contributed by atoms with Gasteiger partial charge in [0.05, 0.1) is 11.6 Å². The molecule has 3 heterocycles. The van der Waals surface area contributed by atoms with Gasteiger partial charge >= 0.3 is 0 Å². The van der Waals surface area contributed by atoms with E-state index in [0.29, 0.717) is 18.5 Å². The number of fused-ring (bicyclic) bond motifs is 1. The summed E-state index contributed by atoms with van der Waals surface area (Å²) in [4.78, 5) is 31.8. The van der Waals surface area contributed by atoms with Crippen LogP contribution in [-0.2, 0) is 16.0 Å². The highest BCUT2D eigenvalue weighted by atomic mass is 32.1. The number of nitrogens with zero attached hydrogens (tertiary/aromatic N) is 1. The van der Waals surface area contributed by atoms with Crippen LogP contribution in [0.1, 0.15) is 27.6 Å². The molecule has 160 valence electrons. The number of nitrogens with one attached hydrogen (secondary N) is 1. The zero-order valence-electron chi connectivity index (χ0n) is 17.5. The van der Waals surface area contributed by atoms with E-state index < -0.39 is 17.7 Å². The average Bonchev–Trinajstić information content (AvgIpc) is 3.52. The molecule has 2 aromatic carbocycles. The van der Waals surface area contributed by atoms with Crippen molar-refractivity contribution < 1.29 is 14.7 Å². The minimum Gasteiger partial charge on any atom is -0.507 e. The molecule has 1 saturated heterocycles. The lowest BCUT2D eigenvalue weighted by Gasteiger charge is -2.24. The van der Waals surface area contributed by atoms with Gasteiger partial charge in [-0.05, 0) is 36.4 Å². The highest BCUT2D eigenvalue weighted by molar-refractivity contribution is 7.10. The molecule has 0 aliphatic carbocycles. The first-order valence-corrected chi connectivity index (χ1v) is 11.4. The molecule has 1 fully saturated rings. The van der Waals surface area contributed by atoms with Crippen molar-refractivity contribution in [1.29, 1.82) is 0 Å². The lowest BCUT2D eigenvalue weighted by Crippen LogP contribution is -2.31. The fourth-order valence-electron chi connectivity index (χ4n) is 4.30. The molecule has 2 N–H and O–H groups in total. The van der Waals surface area contributed by atoms with Crippen molar-refractivity contribution in [1.82, 2.24) is 9.88 Å². The van der Waals surface area contributed by atoms with E-state index in [2.05, 4.69) is 4.98 Å². The second-order valence-electron chi connectivity index (χ2n) is 7.98. The van der Waals surface area contributed by atoms with Gasteiger partial charge in [0.15, 0.2) is 0 Å². The Morgan fingerprint density at radius 3 is 2.59 bits per heavy atom. The van der Waals surface area contributed by atoms with Gasteiger partial charge < -0.3 is 15.0 Å². The largest absolute Gasteiger partial charge is 0.507 e. The number of para-hydroxylation sites is 1. The van der Waals surface area contributed by atoms with E-state index in [4.69, 9.17) is 0 Å². The number of Topliss-reactive ketones (excluding diaryl/α,β-unsaturated/α-hetero) is 1. The van der Waals surface area contributed by atoms with Crippen LogP contribution in [0.4, 0.5) is 0 Å². The average molecular weight is 443 g/mol. The number of aryl methyl sites for hydroxylation is 1. The summed E-state index contributed by atoms with van der Waals surface area (Å²) in [5.74, 6) is -1.34. The van der Waals surface area contributed by atoms with Gasteiger partial charge in [-0.25, -0.2) is 0 Å². The Balaban J connectivity index is 1.53. The third kappa shape index (κ3) is 3.42. The number of benzene rings is 2. The van der Waals surface area contributed by atoms with Crippen LogP contribution in [0, 0.1) is 6.92 Å². The molecule has 5 nitrogen and oxygen atoms in total. The maximum Gasteiger partial charge on any atom is 0.295 e. The Labute approximate surface area is 189 Å². The summed E-state index contributed by atoms with van der Waals surface area (Å²) in [6, 6.07) is 18.5. The lowest BCUT2D eigenvalue weighted by atomic mass is 9.99. The van der Waals surface area contributed by atoms with Gasteiger partial charge in [0.25, 0.3) is 11.7 Å². The molecule has 32 heavy (non-hydrogen) atoms. The number of likely N-dealkylation sites (tertiary alicyclic amines) is 1. The SMILES string of the molecule is Cc1ccc(/C(O)=C2\C(=O)C(=O)N(CCc3c[nH]c4ccccc34)C2c2cccs2)cc1. The van der Waals surface area contributed by atoms with Gasteiger partial charge in [-0.1, -0.05) is 54.1 Å². The first-order chi connectivity index (χ1) is 15.5. The fraction of sp³-hybridized carbons (Fsp3) is 0.154. The minimum absolute atomic E-state index is 0.128. The summed E-state index contributed by atoms with van der Waals surface area (Å²) in [6.07, 6.45) is 2.55. The minimum atomic E-state index is -0.639. The molecule has 1 unspecified atom stereocenters. The maximum absolute atomic E-state index is 13.1. The molecular formula is C26H22N2O3S. The Kier molecular flexibility index (Phi) is 5.15. The van der Waals surface area contributed by atoms with Crippen LogP contribution < -0.4 is 0 Å². The summed E-state index contributed by atoms with van der Waals surface area (Å²) in [6.45, 7) is 2.33. The highest BCUT2D eigenvalue weighted by Crippen LogP contribution is 2.41. The second kappa shape index (κ2) is 8.13. The fourth-order valence-corrected chi connectivity index (χ4v) is 5.14. The molecule has 6 heteroatoms. The number of thiophene rings is 1. The van der Waals surface area contributed by atoms with E-state index in [1.807, 2.05) is 67.0 Å². The number of aromatic amines is 1. The topological polar surface area (TPSA) is 73.4 Å². The van der Waals surface area contributed by atoms with Crippen molar-refractivity contribution in [2.75, 3.05) is 6.54 Å². The van der Waals surface area contributed by atoms with E-state index in [9.17, 15) is 14.7 Å². The number of carbonyl (C=O) groups is 2. The van der Waals surface area contributed by atoms with Crippen molar-refractivity contribution in [3.8, 4) is 0 Å². The van der Waals surface area contributed by atoms with Crippen LogP contribution in [0.3, 0.4) is 0 Å². The van der Waals surface area contributed by atoms with Gasteiger partial charge in [0.2, 0.25) is 0 Å². The summed E-state index contributed by atoms with van der Waals surface area (Å²) in [5.41, 5.74) is 3.87. The van der Waals surface area contributed by atoms with Crippen molar-refractivity contribution >= 4 is 39.7 Å². The number of aliphatic hydroxyl groups is 1. The lowest BCUT2D eigenvalue weighted by molar-refractivity contribution is -0.139. The molecule has 0 bridgehead atoms. The molecule has 1 amide bonds. The number of ketones is 1. The number of H-pyrrole nitrogens is 1. The van der Waals surface area contributed by atoms with E-state index in [0.717, 1.165) is 26.9 Å². The predicted molar refractivity (Wildman–Crippen MR) is 127 cm³/mol. The van der Waals surface area contributed by atoms with Crippen LogP contribution >= 0.6 is 11.3 Å². The van der Waals surface area contributed by atoms with Gasteiger partial charge in [0, 0.05) is 34.1 Å². The van der Waals surface area contributed by atoms with Crippen molar-refractivity contribution in [3.05, 3.63) is 99.4 Å². The van der Waals surface area contributed by atoms with Gasteiger partial charge in [-0.2, -0.15) is 0 Å². The Bertz CT molecular complexity index is 1330. The first-order valence-electron chi connectivity index (χ1n) is 10.5. The summed E-state index contributed by atoms with van der Waals surface area (Å²) < 4.78 is 0. The first kappa shape index (κ1) is 20.3. The molecule has 2 aromatic heterocycles. The van der Waals surface area contributed by atoms with E-state index >= 15 is 0 Å². The molecule has 0 spiro atoms. The van der Waals surface area contributed by atoms with Crippen molar-refractivity contribution in [2.45, 2.75) is 19.4 Å². The Hall–Kier alpha value is -3.64. The Morgan fingerprint density at radius 2 is 1.84 bits per heavy atom. The number of carbonyl (C=O) groups excluding carboxylic acids is 2. The quantitative estimate of drug-likeness (QED) is 0.253. The van der Waals surface area contributed by atoms with Gasteiger partial charge in [-0.3, -0.25) is 9.59 Å². The molecular weight excluding hydrogens is 420 g/mol. The monoisotopic (exact) mass is 442 g/mol. The third-order valence-corrected chi connectivity index (χ3v) is 6.90. The summed E-state index contributed by atoms with van der Waals surface area (Å²) >= 11 is 1.48. The molecule has 1 atom stereocenters. The second-order valence-corrected chi connectivity index (χ2v) is 8.96. The Morgan fingerprint density at radius 1 is 1.06 bits per heavy atom. The number of hydrogen-bond acceptors (Lipinski definition) is 4. The number of aromatic nitrogens is 1. The van der Waals surface area contributed by atoms with Crippen LogP contribution in [0.5, 0.6) is 0 Å². The predicted octanol–water partition coefficient (Wildman–Crippen LogP) is 5.20. The van der Waals surface area contributed by atoms with Crippen LogP contribution in [0.15, 0.2) is 77.8 Å². The molecule has 0 saturated carbocycles. The number of amides is 1. The third-order valence-electron chi connectivity index (χ3n) is 5.97. The number of rotatable bonds is 5. The van der Waals surface area contributed by atoms with Gasteiger partial charge in [0.1, 0.15) is 5.76 Å². The van der Waals surface area contributed by atoms with Crippen molar-refractivity contribution in [3.63, 3.8) is 0 Å². The van der Waals surface area contributed by atoms with Crippen LogP contribution in [0.2, 0.25) is 0 Å². The standard InChI is InChI=1S/C26H22N2O3S/c1-16-8-10-17(11-9-16)24(29)22-23(21-7-4-14-32-21)28(26(31)25(22)30)13-12-18-15-27-20-6-3-2-5-19(18)20/h2-11,14-15,23,27,29H,12-13H2,1H3/b24-22+. The van der Waals surface area contributed by atoms with Crippen LogP contribution in [-0.4, -0.2) is 33.2 Å². The molecule has 5 rings (SSSR count). The van der Waals surface area contributed by atoms with Crippen molar-refractivity contribution in [2.24, 2.45) is 0 Å². The van der Waals surface area contributed by atoms with Crippen LogP contribution in [0.25, 0.3) is 16.7 Å². The molecule has 1 aliphatic rings. The summed E-state index contributed by atoms with van der Waals surface area (Å²) in [7, 11) is 0. The maximum atomic E-state index is 13.1.